The second kappa shape index (κ2) is 9.90. The molecule has 1 aliphatic heterocycles. The third-order valence-electron chi connectivity index (χ3n) is 6.11. The van der Waals surface area contributed by atoms with Crippen LogP contribution in [0.5, 0.6) is 0 Å². The smallest absolute Gasteiger partial charge is 0.276 e. The van der Waals surface area contributed by atoms with Gasteiger partial charge < -0.3 is 9.80 Å². The van der Waals surface area contributed by atoms with Crippen LogP contribution in [0.4, 0.5) is 5.69 Å². The van der Waals surface area contributed by atoms with Gasteiger partial charge in [-0.25, -0.2) is 0 Å². The van der Waals surface area contributed by atoms with Gasteiger partial charge in [0, 0.05) is 29.7 Å². The fraction of sp³-hybridized carbons (Fsp3) is 0.192. The van der Waals surface area contributed by atoms with E-state index in [1.54, 1.807) is 13.0 Å². The highest BCUT2D eigenvalue weighted by Crippen LogP contribution is 2.37. The van der Waals surface area contributed by atoms with Gasteiger partial charge in [0.2, 0.25) is 0 Å². The van der Waals surface area contributed by atoms with E-state index in [4.69, 9.17) is 34.8 Å². The minimum Gasteiger partial charge on any atom is -0.360 e. The maximum absolute atomic E-state index is 13.6. The third-order valence-corrected chi connectivity index (χ3v) is 6.90. The molecule has 9 heteroatoms. The van der Waals surface area contributed by atoms with Gasteiger partial charge in [-0.15, -0.1) is 5.10 Å². The lowest BCUT2D eigenvalue weighted by molar-refractivity contribution is 0.0714. The molecule has 3 aromatic carbocycles. The van der Waals surface area contributed by atoms with Crippen LogP contribution in [0.25, 0.3) is 5.69 Å². The van der Waals surface area contributed by atoms with Gasteiger partial charge in [0.1, 0.15) is 0 Å². The number of anilines is 1. The van der Waals surface area contributed by atoms with Gasteiger partial charge in [-0.2, -0.15) is 9.90 Å². The maximum atomic E-state index is 13.6. The Hall–Kier alpha value is -3.06. The normalized spacial score (nSPS) is 15.9. The molecule has 5 rings (SSSR count). The van der Waals surface area contributed by atoms with Crippen molar-refractivity contribution in [3.63, 3.8) is 0 Å². The summed E-state index contributed by atoms with van der Waals surface area (Å²) in [5.74, 6) is -0.148. The number of carbonyl (C=O) groups is 1. The predicted molar refractivity (Wildman–Crippen MR) is 140 cm³/mol. The average molecular weight is 527 g/mol. The summed E-state index contributed by atoms with van der Waals surface area (Å²) in [7, 11) is 0. The summed E-state index contributed by atoms with van der Waals surface area (Å²) >= 11 is 18.8. The van der Waals surface area contributed by atoms with Gasteiger partial charge in [-0.3, -0.25) is 4.79 Å². The highest BCUT2D eigenvalue weighted by Gasteiger charge is 2.34. The number of nitrogens with zero attached hydrogens (tertiary/aromatic N) is 5. The molecule has 1 aromatic heterocycles. The molecule has 0 spiro atoms. The molecule has 178 valence electrons. The summed E-state index contributed by atoms with van der Waals surface area (Å²) in [5, 5.41) is 10.8. The molecule has 0 bridgehead atoms. The van der Waals surface area contributed by atoms with E-state index < -0.39 is 0 Å². The first-order valence-electron chi connectivity index (χ1n) is 11.2. The highest BCUT2D eigenvalue weighted by molar-refractivity contribution is 6.36. The summed E-state index contributed by atoms with van der Waals surface area (Å²) in [6, 6.07) is 22.6. The fourth-order valence-electron chi connectivity index (χ4n) is 4.34. The quantitative estimate of drug-likeness (QED) is 0.316. The predicted octanol–water partition coefficient (Wildman–Crippen LogP) is 6.24. The largest absolute Gasteiger partial charge is 0.360 e. The number of hydrogen-bond acceptors (Lipinski definition) is 4. The summed E-state index contributed by atoms with van der Waals surface area (Å²) in [5.41, 5.74) is 3.64. The Bertz CT molecular complexity index is 1360. The zero-order valence-electron chi connectivity index (χ0n) is 18.9. The minimum absolute atomic E-state index is 0.131. The van der Waals surface area contributed by atoms with Gasteiger partial charge in [0.05, 0.1) is 28.1 Å². The minimum atomic E-state index is -0.148. The molecule has 0 radical (unpaired) electrons. The van der Waals surface area contributed by atoms with Crippen LogP contribution < -0.4 is 4.90 Å². The molecule has 1 amide bonds. The van der Waals surface area contributed by atoms with E-state index in [2.05, 4.69) is 15.1 Å². The second-order valence-electron chi connectivity index (χ2n) is 8.37. The molecule has 35 heavy (non-hydrogen) atoms. The standard InChI is InChI=1S/C26H22Cl3N5O/c1-17-25(31-34(30-17)21-5-3-2-4-6-21)26(35)32-13-14-33(23-12-11-20(28)15-22(23)29)24(16-32)18-7-9-19(27)10-8-18/h2-12,15,24H,13-14,16H2,1H3/t24-/m0/s1. The Morgan fingerprint density at radius 2 is 1.60 bits per heavy atom. The molecule has 0 saturated carbocycles. The van der Waals surface area contributed by atoms with Crippen molar-refractivity contribution in [2.24, 2.45) is 0 Å². The van der Waals surface area contributed by atoms with Gasteiger partial charge in [0.25, 0.3) is 5.91 Å². The monoisotopic (exact) mass is 525 g/mol. The molecule has 4 aromatic rings. The highest BCUT2D eigenvalue weighted by atomic mass is 35.5. The molecule has 6 nitrogen and oxygen atoms in total. The number of para-hydroxylation sites is 1. The fourth-order valence-corrected chi connectivity index (χ4v) is 4.99. The van der Waals surface area contributed by atoms with Gasteiger partial charge in [-0.1, -0.05) is 65.1 Å². The van der Waals surface area contributed by atoms with Crippen LogP contribution in [0, 0.1) is 6.92 Å². The molecule has 1 aliphatic rings. The van der Waals surface area contributed by atoms with Crippen molar-refractivity contribution in [1.29, 1.82) is 0 Å². The Kier molecular flexibility index (Phi) is 6.69. The zero-order valence-corrected chi connectivity index (χ0v) is 21.2. The summed E-state index contributed by atoms with van der Waals surface area (Å²) in [6.45, 7) is 3.36. The number of benzene rings is 3. The number of carbonyl (C=O) groups excluding carboxylic acids is 1. The van der Waals surface area contributed by atoms with Crippen molar-refractivity contribution in [2.75, 3.05) is 24.5 Å². The van der Waals surface area contributed by atoms with Crippen LogP contribution in [-0.4, -0.2) is 45.4 Å². The van der Waals surface area contributed by atoms with Crippen LogP contribution in [0.3, 0.4) is 0 Å². The van der Waals surface area contributed by atoms with E-state index in [1.165, 1.54) is 4.80 Å². The Balaban J connectivity index is 1.46. The summed E-state index contributed by atoms with van der Waals surface area (Å²) in [6.07, 6.45) is 0. The lowest BCUT2D eigenvalue weighted by Gasteiger charge is -2.43. The van der Waals surface area contributed by atoms with Crippen molar-refractivity contribution in [1.82, 2.24) is 19.9 Å². The van der Waals surface area contributed by atoms with Crippen LogP contribution in [-0.2, 0) is 0 Å². The number of rotatable bonds is 4. The van der Waals surface area contributed by atoms with Gasteiger partial charge >= 0.3 is 0 Å². The lowest BCUT2D eigenvalue weighted by Crippen LogP contribution is -2.51. The Morgan fingerprint density at radius 1 is 0.886 bits per heavy atom. The van der Waals surface area contributed by atoms with Crippen molar-refractivity contribution < 1.29 is 4.79 Å². The molecule has 1 fully saturated rings. The number of halogens is 3. The summed E-state index contributed by atoms with van der Waals surface area (Å²) in [4.78, 5) is 19.1. The van der Waals surface area contributed by atoms with E-state index in [1.807, 2.05) is 71.6 Å². The number of hydrogen-bond donors (Lipinski definition) is 0. The van der Waals surface area contributed by atoms with Crippen molar-refractivity contribution in [2.45, 2.75) is 13.0 Å². The van der Waals surface area contributed by atoms with E-state index in [0.717, 1.165) is 16.9 Å². The molecular weight excluding hydrogens is 505 g/mol. The maximum Gasteiger partial charge on any atom is 0.276 e. The summed E-state index contributed by atoms with van der Waals surface area (Å²) < 4.78 is 0. The molecule has 2 heterocycles. The number of aromatic nitrogens is 3. The number of amides is 1. The average Bonchev–Trinajstić information content (AvgIpc) is 3.26. The van der Waals surface area contributed by atoms with Crippen LogP contribution in [0.2, 0.25) is 15.1 Å². The first-order valence-corrected chi connectivity index (χ1v) is 12.3. The second-order valence-corrected chi connectivity index (χ2v) is 9.65. The first kappa shape index (κ1) is 23.7. The SMILES string of the molecule is Cc1nn(-c2ccccc2)nc1C(=O)N1CCN(c2ccc(Cl)cc2Cl)[C@H](c2ccc(Cl)cc2)C1. The van der Waals surface area contributed by atoms with Crippen molar-refractivity contribution in [3.8, 4) is 5.69 Å². The third kappa shape index (κ3) is 4.87. The Labute approximate surface area is 218 Å². The van der Waals surface area contributed by atoms with E-state index in [9.17, 15) is 4.79 Å². The molecule has 0 unspecified atom stereocenters. The van der Waals surface area contributed by atoms with Crippen LogP contribution in [0.1, 0.15) is 27.8 Å². The Morgan fingerprint density at radius 3 is 2.31 bits per heavy atom. The van der Waals surface area contributed by atoms with Crippen LogP contribution >= 0.6 is 34.8 Å². The van der Waals surface area contributed by atoms with Gasteiger partial charge in [-0.05, 0) is 55.0 Å². The van der Waals surface area contributed by atoms with E-state index >= 15 is 0 Å². The molecule has 0 N–H and O–H groups in total. The molecule has 0 aliphatic carbocycles. The first-order chi connectivity index (χ1) is 16.9. The van der Waals surface area contributed by atoms with Crippen LogP contribution in [0.15, 0.2) is 72.8 Å². The van der Waals surface area contributed by atoms with Gasteiger partial charge in [0.15, 0.2) is 5.69 Å². The molecule has 1 saturated heterocycles. The number of aryl methyl sites for hydroxylation is 1. The molecular formula is C26H22Cl3N5O. The zero-order chi connectivity index (χ0) is 24.5. The topological polar surface area (TPSA) is 54.3 Å². The van der Waals surface area contributed by atoms with E-state index in [0.29, 0.717) is 46.1 Å². The van der Waals surface area contributed by atoms with E-state index in [-0.39, 0.29) is 11.9 Å². The van der Waals surface area contributed by atoms with Crippen molar-refractivity contribution in [3.05, 3.63) is 105 Å². The number of piperazine rings is 1. The van der Waals surface area contributed by atoms with Crippen molar-refractivity contribution >= 4 is 46.4 Å². The molecule has 1 atom stereocenters. The lowest BCUT2D eigenvalue weighted by atomic mass is 10.0.